The van der Waals surface area contributed by atoms with E-state index < -0.39 is 0 Å². The first-order valence-electron chi connectivity index (χ1n) is 18.2. The minimum Gasteiger partial charge on any atom is -0.360 e. The van der Waals surface area contributed by atoms with Crippen molar-refractivity contribution in [1.29, 1.82) is 0 Å². The van der Waals surface area contributed by atoms with E-state index >= 15 is 0 Å². The van der Waals surface area contributed by atoms with Crippen LogP contribution in [0.15, 0.2) is 200 Å². The maximum absolute atomic E-state index is 2.52. The first-order valence-corrected chi connectivity index (χ1v) is 18.2. The molecule has 3 heterocycles. The van der Waals surface area contributed by atoms with Gasteiger partial charge in [-0.25, -0.2) is 0 Å². The second kappa shape index (κ2) is 11.8. The average molecular weight is 677 g/mol. The van der Waals surface area contributed by atoms with Crippen molar-refractivity contribution in [2.24, 2.45) is 0 Å². The molecule has 1 aliphatic rings. The summed E-state index contributed by atoms with van der Waals surface area (Å²) in [6.07, 6.45) is 0. The molecular formula is C48H33BN4. The molecule has 0 bridgehead atoms. The highest BCUT2D eigenvalue weighted by Gasteiger charge is 2.44. The Morgan fingerprint density at radius 2 is 0.585 bits per heavy atom. The molecule has 248 valence electrons. The molecule has 8 aromatic carbocycles. The lowest BCUT2D eigenvalue weighted by molar-refractivity contribution is 1.09. The van der Waals surface area contributed by atoms with E-state index in [4.69, 9.17) is 0 Å². The number of anilines is 4. The normalized spacial score (nSPS) is 12.8. The number of hydrogen-bond acceptors (Lipinski definition) is 2. The Bertz CT molecular complexity index is 2680. The van der Waals surface area contributed by atoms with Crippen molar-refractivity contribution in [3.8, 4) is 11.4 Å². The van der Waals surface area contributed by atoms with E-state index in [0.717, 1.165) is 34.1 Å². The molecule has 0 fully saturated rings. The average Bonchev–Trinajstić information content (AvgIpc) is 3.87. The van der Waals surface area contributed by atoms with Crippen molar-refractivity contribution in [2.45, 2.75) is 0 Å². The van der Waals surface area contributed by atoms with Crippen LogP contribution in [0.25, 0.3) is 55.0 Å². The van der Waals surface area contributed by atoms with Gasteiger partial charge in [-0.15, -0.1) is 0 Å². The Hall–Kier alpha value is -6.98. The standard InChI is InChI=1S/C48H33BN4/c1-4-18-34(19-5-1)49-52(35-20-6-2-7-21-35)47-32-45(50-41-28-14-10-24-37(41)38-25-11-15-29-42(38)50)46(33-48(47)53(49)36-22-8-3-9-23-36)51-43-30-16-12-26-39(43)40-27-13-17-31-44(40)51/h1-33H. The molecule has 5 heteroatoms. The zero-order valence-electron chi connectivity index (χ0n) is 28.9. The molecule has 2 aromatic heterocycles. The lowest BCUT2D eigenvalue weighted by atomic mass is 9.64. The Balaban J connectivity index is 1.33. The summed E-state index contributed by atoms with van der Waals surface area (Å²) in [6, 6.07) is 72.7. The zero-order valence-corrected chi connectivity index (χ0v) is 28.9. The summed E-state index contributed by atoms with van der Waals surface area (Å²) in [5.74, 6) is 0. The number of hydrogen-bond donors (Lipinski definition) is 0. The van der Waals surface area contributed by atoms with Gasteiger partial charge < -0.3 is 18.8 Å². The van der Waals surface area contributed by atoms with Crippen molar-refractivity contribution in [2.75, 3.05) is 9.62 Å². The van der Waals surface area contributed by atoms with Crippen LogP contribution in [0.5, 0.6) is 0 Å². The fraction of sp³-hybridized carbons (Fsp3) is 0. The van der Waals surface area contributed by atoms with Crippen LogP contribution in [-0.2, 0) is 0 Å². The van der Waals surface area contributed by atoms with E-state index in [1.807, 2.05) is 0 Å². The zero-order chi connectivity index (χ0) is 34.9. The van der Waals surface area contributed by atoms with Gasteiger partial charge in [0, 0.05) is 32.9 Å². The van der Waals surface area contributed by atoms with E-state index in [9.17, 15) is 0 Å². The SMILES string of the molecule is c1ccc(B2N(c3ccccc3)c3cc(-n4c5ccccc5c5ccccc54)c(-n4c5ccccc5c5ccccc54)cc3N2c2ccccc2)cc1. The van der Waals surface area contributed by atoms with Crippen LogP contribution in [-0.4, -0.2) is 16.1 Å². The molecule has 0 unspecified atom stereocenters. The molecular weight excluding hydrogens is 643 g/mol. The van der Waals surface area contributed by atoms with Gasteiger partial charge in [0.2, 0.25) is 0 Å². The van der Waals surface area contributed by atoms with Crippen molar-refractivity contribution in [3.63, 3.8) is 0 Å². The number of aromatic nitrogens is 2. The largest absolute Gasteiger partial charge is 0.420 e. The van der Waals surface area contributed by atoms with Crippen LogP contribution in [0.4, 0.5) is 22.7 Å². The number of nitrogens with zero attached hydrogens (tertiary/aromatic N) is 4. The maximum Gasteiger partial charge on any atom is 0.420 e. The van der Waals surface area contributed by atoms with E-state index in [2.05, 4.69) is 219 Å². The van der Waals surface area contributed by atoms with Gasteiger partial charge in [-0.3, -0.25) is 0 Å². The molecule has 0 saturated heterocycles. The first-order chi connectivity index (χ1) is 26.3. The van der Waals surface area contributed by atoms with E-state index in [-0.39, 0.29) is 6.98 Å². The second-order valence-electron chi connectivity index (χ2n) is 13.8. The van der Waals surface area contributed by atoms with Crippen molar-refractivity contribution < 1.29 is 0 Å². The molecule has 53 heavy (non-hydrogen) atoms. The smallest absolute Gasteiger partial charge is 0.360 e. The molecule has 4 nitrogen and oxygen atoms in total. The molecule has 0 N–H and O–H groups in total. The van der Waals surface area contributed by atoms with Gasteiger partial charge in [-0.2, -0.15) is 0 Å². The van der Waals surface area contributed by atoms with Gasteiger partial charge in [0.25, 0.3) is 0 Å². The van der Waals surface area contributed by atoms with Crippen LogP contribution < -0.4 is 15.1 Å². The third-order valence-corrected chi connectivity index (χ3v) is 10.9. The fourth-order valence-electron chi connectivity index (χ4n) is 8.70. The van der Waals surface area contributed by atoms with Crippen LogP contribution in [0, 0.1) is 0 Å². The highest BCUT2D eigenvalue weighted by Crippen LogP contribution is 2.50. The molecule has 0 aliphatic carbocycles. The highest BCUT2D eigenvalue weighted by atomic mass is 15.3. The molecule has 0 amide bonds. The van der Waals surface area contributed by atoms with Gasteiger partial charge in [-0.1, -0.05) is 140 Å². The molecule has 10 aromatic rings. The van der Waals surface area contributed by atoms with Crippen LogP contribution in [0.2, 0.25) is 0 Å². The fourth-order valence-corrected chi connectivity index (χ4v) is 8.70. The van der Waals surface area contributed by atoms with E-state index in [1.54, 1.807) is 0 Å². The Kier molecular flexibility index (Phi) is 6.61. The Morgan fingerprint density at radius 1 is 0.283 bits per heavy atom. The summed E-state index contributed by atoms with van der Waals surface area (Å²) in [4.78, 5) is 5.04. The van der Waals surface area contributed by atoms with Crippen LogP contribution in [0.1, 0.15) is 0 Å². The molecule has 11 rings (SSSR count). The molecule has 1 aliphatic heterocycles. The van der Waals surface area contributed by atoms with Crippen LogP contribution >= 0.6 is 0 Å². The summed E-state index contributed by atoms with van der Waals surface area (Å²) in [6.45, 7) is -0.129. The third kappa shape index (κ3) is 4.44. The van der Waals surface area contributed by atoms with Crippen molar-refractivity contribution >= 4 is 78.8 Å². The number of benzene rings is 8. The van der Waals surface area contributed by atoms with Crippen molar-refractivity contribution in [3.05, 3.63) is 200 Å². The molecule has 0 spiro atoms. The number of fused-ring (bicyclic) bond motifs is 7. The maximum atomic E-state index is 2.52. The molecule has 0 radical (unpaired) electrons. The highest BCUT2D eigenvalue weighted by molar-refractivity contribution is 6.84. The minimum absolute atomic E-state index is 0.129. The molecule has 0 saturated carbocycles. The number of para-hydroxylation sites is 6. The lowest BCUT2D eigenvalue weighted by Gasteiger charge is -2.30. The number of rotatable bonds is 5. The quantitative estimate of drug-likeness (QED) is 0.169. The minimum atomic E-state index is -0.129. The Morgan fingerprint density at radius 3 is 0.943 bits per heavy atom. The van der Waals surface area contributed by atoms with Gasteiger partial charge in [-0.05, 0) is 66.1 Å². The monoisotopic (exact) mass is 676 g/mol. The second-order valence-corrected chi connectivity index (χ2v) is 13.8. The summed E-state index contributed by atoms with van der Waals surface area (Å²) < 4.78 is 4.96. The topological polar surface area (TPSA) is 16.3 Å². The predicted molar refractivity (Wildman–Crippen MR) is 224 cm³/mol. The van der Waals surface area contributed by atoms with Gasteiger partial charge in [0.1, 0.15) is 0 Å². The lowest BCUT2D eigenvalue weighted by Crippen LogP contribution is -2.53. The molecule has 0 atom stereocenters. The predicted octanol–water partition coefficient (Wildman–Crippen LogP) is 11.6. The summed E-state index contributed by atoms with van der Waals surface area (Å²) in [7, 11) is 0. The third-order valence-electron chi connectivity index (χ3n) is 10.9. The van der Waals surface area contributed by atoms with E-state index in [1.165, 1.54) is 49.1 Å². The first kappa shape index (κ1) is 29.7. The van der Waals surface area contributed by atoms with Gasteiger partial charge >= 0.3 is 6.98 Å². The summed E-state index contributed by atoms with van der Waals surface area (Å²) in [5, 5.41) is 4.96. The van der Waals surface area contributed by atoms with Gasteiger partial charge in [0.15, 0.2) is 0 Å². The summed E-state index contributed by atoms with van der Waals surface area (Å²) >= 11 is 0. The van der Waals surface area contributed by atoms with Crippen molar-refractivity contribution in [1.82, 2.24) is 9.13 Å². The van der Waals surface area contributed by atoms with Crippen LogP contribution in [0.3, 0.4) is 0 Å². The Labute approximate surface area is 308 Å². The summed E-state index contributed by atoms with van der Waals surface area (Å²) in [5.41, 5.74) is 12.7. The van der Waals surface area contributed by atoms with E-state index in [0.29, 0.717) is 0 Å². The van der Waals surface area contributed by atoms with Gasteiger partial charge in [0.05, 0.1) is 44.8 Å².